The summed E-state index contributed by atoms with van der Waals surface area (Å²) >= 11 is 0. The number of aromatic nitrogens is 5. The zero-order chi connectivity index (χ0) is 18.1. The zero-order valence-corrected chi connectivity index (χ0v) is 15.5. The molecule has 4 heterocycles. The lowest BCUT2D eigenvalue weighted by Crippen LogP contribution is -2.33. The Morgan fingerprint density at radius 2 is 2.12 bits per heavy atom. The van der Waals surface area contributed by atoms with Crippen LogP contribution in [0.25, 0.3) is 11.4 Å². The smallest absolute Gasteiger partial charge is 0.165 e. The van der Waals surface area contributed by atoms with E-state index in [4.69, 9.17) is 9.51 Å². The van der Waals surface area contributed by atoms with Crippen LogP contribution in [0.2, 0.25) is 0 Å². The summed E-state index contributed by atoms with van der Waals surface area (Å²) in [5.74, 6) is 1.47. The van der Waals surface area contributed by atoms with Gasteiger partial charge in [-0.15, -0.1) is 0 Å². The summed E-state index contributed by atoms with van der Waals surface area (Å²) in [6.07, 6.45) is 5.34. The molecule has 26 heavy (non-hydrogen) atoms. The number of aromatic amines is 1. The molecule has 1 unspecified atom stereocenters. The van der Waals surface area contributed by atoms with Crippen LogP contribution in [0, 0.1) is 20.8 Å². The molecule has 1 aliphatic rings. The summed E-state index contributed by atoms with van der Waals surface area (Å²) in [5.41, 5.74) is 4.92. The molecule has 0 amide bonds. The lowest BCUT2D eigenvalue weighted by molar-refractivity contribution is 0.135. The van der Waals surface area contributed by atoms with Crippen molar-refractivity contribution >= 4 is 0 Å². The van der Waals surface area contributed by atoms with E-state index in [1.54, 1.807) is 6.20 Å². The second kappa shape index (κ2) is 6.99. The molecule has 0 radical (unpaired) electrons. The highest BCUT2D eigenvalue weighted by molar-refractivity contribution is 5.60. The molecule has 136 valence electrons. The topological polar surface area (TPSA) is 83.7 Å². The highest BCUT2D eigenvalue weighted by Gasteiger charge is 2.27. The van der Waals surface area contributed by atoms with Gasteiger partial charge in [0.15, 0.2) is 5.82 Å². The van der Waals surface area contributed by atoms with E-state index in [1.807, 2.05) is 26.8 Å². The Labute approximate surface area is 152 Å². The molecule has 1 saturated heterocycles. The minimum absolute atomic E-state index is 0.285. The van der Waals surface area contributed by atoms with Crippen molar-refractivity contribution in [3.63, 3.8) is 0 Å². The molecule has 3 aromatic rings. The van der Waals surface area contributed by atoms with Gasteiger partial charge >= 0.3 is 0 Å². The van der Waals surface area contributed by atoms with Crippen molar-refractivity contribution < 1.29 is 4.52 Å². The zero-order valence-electron chi connectivity index (χ0n) is 15.5. The molecule has 0 spiro atoms. The third kappa shape index (κ3) is 3.26. The summed E-state index contributed by atoms with van der Waals surface area (Å²) in [6.45, 7) is 7.78. The fraction of sp³-hybridized carbons (Fsp3) is 0.474. The Morgan fingerprint density at radius 3 is 2.85 bits per heavy atom. The van der Waals surface area contributed by atoms with Crippen LogP contribution < -0.4 is 0 Å². The van der Waals surface area contributed by atoms with Crippen molar-refractivity contribution in [2.24, 2.45) is 0 Å². The number of piperidine rings is 1. The summed E-state index contributed by atoms with van der Waals surface area (Å²) in [6, 6.07) is 4.43. The summed E-state index contributed by atoms with van der Waals surface area (Å²) in [4.78, 5) is 12.1. The van der Waals surface area contributed by atoms with Gasteiger partial charge in [-0.1, -0.05) is 11.6 Å². The molecule has 0 saturated carbocycles. The predicted molar refractivity (Wildman–Crippen MR) is 97.3 cm³/mol. The minimum Gasteiger partial charge on any atom is -0.361 e. The molecule has 0 bridgehead atoms. The van der Waals surface area contributed by atoms with Gasteiger partial charge in [0, 0.05) is 24.1 Å². The van der Waals surface area contributed by atoms with Gasteiger partial charge in [0.2, 0.25) is 0 Å². The van der Waals surface area contributed by atoms with Crippen LogP contribution in [-0.4, -0.2) is 36.8 Å². The fourth-order valence-corrected chi connectivity index (χ4v) is 3.78. The van der Waals surface area contributed by atoms with Crippen LogP contribution >= 0.6 is 0 Å². The van der Waals surface area contributed by atoms with Crippen molar-refractivity contribution in [3.8, 4) is 11.4 Å². The van der Waals surface area contributed by atoms with Crippen LogP contribution in [0.15, 0.2) is 22.9 Å². The number of rotatable bonds is 4. The van der Waals surface area contributed by atoms with Crippen molar-refractivity contribution in [3.05, 3.63) is 46.9 Å². The molecule has 0 aliphatic carbocycles. The van der Waals surface area contributed by atoms with E-state index in [1.165, 1.54) is 12.8 Å². The lowest BCUT2D eigenvalue weighted by Gasteiger charge is -2.35. The Kier molecular flexibility index (Phi) is 4.55. The first-order valence-electron chi connectivity index (χ1n) is 9.13. The van der Waals surface area contributed by atoms with E-state index < -0.39 is 0 Å². The first-order valence-corrected chi connectivity index (χ1v) is 9.13. The van der Waals surface area contributed by atoms with Crippen LogP contribution in [0.4, 0.5) is 0 Å². The number of aryl methyl sites for hydroxylation is 3. The quantitative estimate of drug-likeness (QED) is 0.773. The maximum Gasteiger partial charge on any atom is 0.165 e. The Balaban J connectivity index is 1.69. The van der Waals surface area contributed by atoms with Crippen LogP contribution in [0.5, 0.6) is 0 Å². The molecule has 1 aliphatic heterocycles. The molecule has 3 aromatic heterocycles. The Bertz CT molecular complexity index is 866. The molecule has 7 heteroatoms. The first kappa shape index (κ1) is 16.9. The van der Waals surface area contributed by atoms with Gasteiger partial charge < -0.3 is 4.52 Å². The molecular formula is C19H24N6O. The van der Waals surface area contributed by atoms with Crippen LogP contribution in [0.1, 0.15) is 53.8 Å². The SMILES string of the molecule is Cc1cc(C2CCCCN2Cc2ccn[nH]2)nc(-c2c(C)noc2C)n1. The standard InChI is InChI=1S/C19H24N6O/c1-12-10-16(22-19(21-12)18-13(2)24-26-14(18)3)17-6-4-5-9-25(17)11-15-7-8-20-23-15/h7-8,10,17H,4-6,9,11H2,1-3H3,(H,20,23). The van der Waals surface area contributed by atoms with Crippen molar-refractivity contribution in [2.45, 2.75) is 52.6 Å². The largest absolute Gasteiger partial charge is 0.361 e. The summed E-state index contributed by atoms with van der Waals surface area (Å²) in [7, 11) is 0. The maximum atomic E-state index is 5.31. The molecule has 7 nitrogen and oxygen atoms in total. The highest BCUT2D eigenvalue weighted by atomic mass is 16.5. The van der Waals surface area contributed by atoms with Gasteiger partial charge in [-0.05, 0) is 52.3 Å². The third-order valence-electron chi connectivity index (χ3n) is 5.02. The van der Waals surface area contributed by atoms with Gasteiger partial charge in [0.25, 0.3) is 0 Å². The van der Waals surface area contributed by atoms with Gasteiger partial charge in [0.1, 0.15) is 5.76 Å². The number of likely N-dealkylation sites (tertiary alicyclic amines) is 1. The van der Waals surface area contributed by atoms with Crippen LogP contribution in [0.3, 0.4) is 0 Å². The molecule has 1 N–H and O–H groups in total. The van der Waals surface area contributed by atoms with E-state index in [-0.39, 0.29) is 6.04 Å². The number of hydrogen-bond donors (Lipinski definition) is 1. The first-order chi connectivity index (χ1) is 12.6. The number of H-pyrrole nitrogens is 1. The second-order valence-electron chi connectivity index (χ2n) is 7.02. The van der Waals surface area contributed by atoms with Crippen LogP contribution in [-0.2, 0) is 6.54 Å². The van der Waals surface area contributed by atoms with Crippen molar-refractivity contribution in [2.75, 3.05) is 6.54 Å². The third-order valence-corrected chi connectivity index (χ3v) is 5.02. The van der Waals surface area contributed by atoms with Gasteiger partial charge in [-0.3, -0.25) is 10.00 Å². The summed E-state index contributed by atoms with van der Waals surface area (Å²) < 4.78 is 5.31. The number of nitrogens with zero attached hydrogens (tertiary/aromatic N) is 5. The molecule has 1 atom stereocenters. The van der Waals surface area contributed by atoms with E-state index in [2.05, 4.69) is 31.3 Å². The summed E-state index contributed by atoms with van der Waals surface area (Å²) in [5, 5.41) is 11.2. The van der Waals surface area contributed by atoms with E-state index in [0.717, 1.165) is 53.6 Å². The average molecular weight is 352 g/mol. The van der Waals surface area contributed by atoms with Gasteiger partial charge in [0.05, 0.1) is 23.0 Å². The average Bonchev–Trinajstić information content (AvgIpc) is 3.24. The van der Waals surface area contributed by atoms with Gasteiger partial charge in [-0.2, -0.15) is 5.10 Å². The second-order valence-corrected chi connectivity index (χ2v) is 7.02. The predicted octanol–water partition coefficient (Wildman–Crippen LogP) is 3.51. The molecule has 4 rings (SSSR count). The fourth-order valence-electron chi connectivity index (χ4n) is 3.78. The van der Waals surface area contributed by atoms with E-state index >= 15 is 0 Å². The van der Waals surface area contributed by atoms with Crippen molar-refractivity contribution in [1.82, 2.24) is 30.2 Å². The molecule has 1 fully saturated rings. The van der Waals surface area contributed by atoms with Crippen molar-refractivity contribution in [1.29, 1.82) is 0 Å². The number of hydrogen-bond acceptors (Lipinski definition) is 6. The number of nitrogens with one attached hydrogen (secondary N) is 1. The Hall–Kier alpha value is -2.54. The lowest BCUT2D eigenvalue weighted by atomic mass is 9.98. The van der Waals surface area contributed by atoms with E-state index in [0.29, 0.717) is 5.82 Å². The maximum absolute atomic E-state index is 5.31. The molecule has 0 aromatic carbocycles. The monoisotopic (exact) mass is 352 g/mol. The normalized spacial score (nSPS) is 18.3. The Morgan fingerprint density at radius 1 is 1.23 bits per heavy atom. The van der Waals surface area contributed by atoms with Gasteiger partial charge in [-0.25, -0.2) is 9.97 Å². The van der Waals surface area contributed by atoms with E-state index in [9.17, 15) is 0 Å². The molecular weight excluding hydrogens is 328 g/mol. The highest BCUT2D eigenvalue weighted by Crippen LogP contribution is 2.33. The minimum atomic E-state index is 0.285.